The van der Waals surface area contributed by atoms with Gasteiger partial charge < -0.3 is 5.11 Å². The number of carboxylic acid groups (broad SMARTS) is 1. The van der Waals surface area contributed by atoms with Gasteiger partial charge in [0, 0.05) is 17.0 Å². The van der Waals surface area contributed by atoms with Gasteiger partial charge in [-0.2, -0.15) is 5.10 Å². The fourth-order valence-electron chi connectivity index (χ4n) is 1.76. The molecule has 1 unspecified atom stereocenters. The molecule has 2 N–H and O–H groups in total. The summed E-state index contributed by atoms with van der Waals surface area (Å²) in [5, 5.41) is 17.2. The van der Waals surface area contributed by atoms with E-state index < -0.39 is 5.97 Å². The van der Waals surface area contributed by atoms with Crippen molar-refractivity contribution in [2.45, 2.75) is 19.3 Å². The minimum absolute atomic E-state index is 0.0732. The number of H-pyrrole nitrogens is 1. The van der Waals surface area contributed by atoms with Crippen LogP contribution >= 0.6 is 11.6 Å². The summed E-state index contributed by atoms with van der Waals surface area (Å²) in [6.45, 7) is 1.85. The van der Waals surface area contributed by atoms with Crippen molar-refractivity contribution in [2.24, 2.45) is 0 Å². The summed E-state index contributed by atoms with van der Waals surface area (Å²) < 4.78 is 0. The highest BCUT2D eigenvalue weighted by atomic mass is 35.5. The van der Waals surface area contributed by atoms with E-state index in [0.717, 1.165) is 11.1 Å². The molecule has 4 nitrogen and oxygen atoms in total. The molecule has 0 radical (unpaired) electrons. The molecule has 16 heavy (non-hydrogen) atoms. The lowest BCUT2D eigenvalue weighted by Crippen LogP contribution is -2.03. The van der Waals surface area contributed by atoms with Crippen LogP contribution < -0.4 is 0 Å². The Morgan fingerprint density at radius 1 is 1.62 bits per heavy atom. The number of rotatable bonds is 3. The summed E-state index contributed by atoms with van der Waals surface area (Å²) in [6, 6.07) is 5.48. The van der Waals surface area contributed by atoms with E-state index in [-0.39, 0.29) is 12.3 Å². The van der Waals surface area contributed by atoms with Crippen LogP contribution in [0.15, 0.2) is 18.2 Å². The lowest BCUT2D eigenvalue weighted by atomic mass is 10.0. The zero-order valence-corrected chi connectivity index (χ0v) is 9.45. The number of aromatic amines is 1. The van der Waals surface area contributed by atoms with Gasteiger partial charge in [0.1, 0.15) is 5.52 Å². The minimum Gasteiger partial charge on any atom is -0.481 e. The van der Waals surface area contributed by atoms with Gasteiger partial charge in [-0.05, 0) is 6.07 Å². The van der Waals surface area contributed by atoms with Crippen molar-refractivity contribution in [3.63, 3.8) is 0 Å². The maximum Gasteiger partial charge on any atom is 0.304 e. The van der Waals surface area contributed by atoms with E-state index in [1.54, 1.807) is 6.07 Å². The molecule has 2 aromatic rings. The van der Waals surface area contributed by atoms with Gasteiger partial charge in [-0.15, -0.1) is 0 Å². The summed E-state index contributed by atoms with van der Waals surface area (Å²) in [5.74, 6) is -0.932. The Morgan fingerprint density at radius 2 is 2.38 bits per heavy atom. The zero-order valence-electron chi connectivity index (χ0n) is 8.70. The summed E-state index contributed by atoms with van der Waals surface area (Å²) >= 11 is 5.98. The maximum absolute atomic E-state index is 10.6. The molecule has 0 amide bonds. The maximum atomic E-state index is 10.6. The van der Waals surface area contributed by atoms with Crippen LogP contribution in [0.5, 0.6) is 0 Å². The van der Waals surface area contributed by atoms with Crippen LogP contribution in [0.4, 0.5) is 0 Å². The van der Waals surface area contributed by atoms with Gasteiger partial charge in [0.15, 0.2) is 0 Å². The Bertz CT molecular complexity index is 536. The second-order valence-electron chi connectivity index (χ2n) is 3.77. The second-order valence-corrected chi connectivity index (χ2v) is 4.18. The minimum atomic E-state index is -0.822. The number of hydrogen-bond donors (Lipinski definition) is 2. The summed E-state index contributed by atoms with van der Waals surface area (Å²) in [5.41, 5.74) is 1.51. The normalized spacial score (nSPS) is 12.9. The Morgan fingerprint density at radius 3 is 3.06 bits per heavy atom. The smallest absolute Gasteiger partial charge is 0.304 e. The molecule has 1 aromatic carbocycles. The number of aliphatic carboxylic acids is 1. The Labute approximate surface area is 97.2 Å². The van der Waals surface area contributed by atoms with Gasteiger partial charge in [0.05, 0.1) is 11.4 Å². The van der Waals surface area contributed by atoms with E-state index in [9.17, 15) is 4.79 Å². The van der Waals surface area contributed by atoms with Gasteiger partial charge in [0.25, 0.3) is 0 Å². The molecule has 84 valence electrons. The van der Waals surface area contributed by atoms with Crippen molar-refractivity contribution in [1.82, 2.24) is 10.2 Å². The molecule has 0 spiro atoms. The third-order valence-electron chi connectivity index (χ3n) is 2.54. The van der Waals surface area contributed by atoms with Crippen molar-refractivity contribution in [1.29, 1.82) is 0 Å². The number of carboxylic acids is 1. The van der Waals surface area contributed by atoms with E-state index in [4.69, 9.17) is 16.7 Å². The molecule has 0 aliphatic rings. The number of fused-ring (bicyclic) bond motifs is 1. The van der Waals surface area contributed by atoms with E-state index in [0.29, 0.717) is 10.5 Å². The van der Waals surface area contributed by atoms with Gasteiger partial charge >= 0.3 is 5.97 Å². The number of para-hydroxylation sites is 1. The second kappa shape index (κ2) is 4.14. The molecular weight excluding hydrogens is 228 g/mol. The number of carbonyl (C=O) groups is 1. The van der Waals surface area contributed by atoms with Crippen LogP contribution in [0.25, 0.3) is 10.9 Å². The third-order valence-corrected chi connectivity index (χ3v) is 2.84. The molecule has 0 aliphatic carbocycles. The molecular formula is C11H11ClN2O2. The average Bonchev–Trinajstić information content (AvgIpc) is 2.61. The number of benzene rings is 1. The molecule has 0 aliphatic heterocycles. The molecule has 5 heteroatoms. The average molecular weight is 239 g/mol. The van der Waals surface area contributed by atoms with Crippen LogP contribution in [-0.2, 0) is 4.79 Å². The number of aromatic nitrogens is 2. The summed E-state index contributed by atoms with van der Waals surface area (Å²) in [7, 11) is 0. The molecule has 1 atom stereocenters. The van der Waals surface area contributed by atoms with E-state index in [1.165, 1.54) is 0 Å². The number of halogens is 1. The van der Waals surface area contributed by atoms with Crippen LogP contribution in [0.2, 0.25) is 5.02 Å². The van der Waals surface area contributed by atoms with Crippen molar-refractivity contribution < 1.29 is 9.90 Å². The molecule has 0 bridgehead atoms. The van der Waals surface area contributed by atoms with E-state index >= 15 is 0 Å². The first-order valence-electron chi connectivity index (χ1n) is 4.94. The Balaban J connectivity index is 2.46. The molecule has 0 fully saturated rings. The first-order chi connectivity index (χ1) is 7.59. The van der Waals surface area contributed by atoms with Crippen molar-refractivity contribution in [2.75, 3.05) is 0 Å². The van der Waals surface area contributed by atoms with Gasteiger partial charge in [-0.3, -0.25) is 9.89 Å². The zero-order chi connectivity index (χ0) is 11.7. The standard InChI is InChI=1S/C11H11ClN2O2/c1-6(5-9(15)16)10-7-3-2-4-8(12)11(7)14-13-10/h2-4,6H,5H2,1H3,(H,13,14)(H,15,16). The predicted molar refractivity (Wildman–Crippen MR) is 61.8 cm³/mol. The topological polar surface area (TPSA) is 66.0 Å². The highest BCUT2D eigenvalue weighted by Gasteiger charge is 2.16. The fourth-order valence-corrected chi connectivity index (χ4v) is 1.98. The lowest BCUT2D eigenvalue weighted by molar-refractivity contribution is -0.137. The molecule has 1 heterocycles. The quantitative estimate of drug-likeness (QED) is 0.864. The lowest BCUT2D eigenvalue weighted by Gasteiger charge is -2.06. The molecule has 1 aromatic heterocycles. The first-order valence-corrected chi connectivity index (χ1v) is 5.31. The Hall–Kier alpha value is -1.55. The van der Waals surface area contributed by atoms with Gasteiger partial charge in [-0.1, -0.05) is 30.7 Å². The molecule has 0 saturated heterocycles. The SMILES string of the molecule is CC(CC(=O)O)c1[nH]nc2c(Cl)cccc12. The van der Waals surface area contributed by atoms with Gasteiger partial charge in [0.2, 0.25) is 0 Å². The summed E-state index contributed by atoms with van der Waals surface area (Å²) in [6.07, 6.45) is 0.0732. The summed E-state index contributed by atoms with van der Waals surface area (Å²) in [4.78, 5) is 10.6. The Kier molecular flexibility index (Phi) is 2.83. The van der Waals surface area contributed by atoms with Crippen LogP contribution in [0.3, 0.4) is 0 Å². The molecule has 0 saturated carbocycles. The fraction of sp³-hybridized carbons (Fsp3) is 0.273. The van der Waals surface area contributed by atoms with Crippen LogP contribution in [0, 0.1) is 0 Å². The monoisotopic (exact) mass is 238 g/mol. The van der Waals surface area contributed by atoms with Crippen molar-refractivity contribution >= 4 is 28.5 Å². The van der Waals surface area contributed by atoms with E-state index in [1.807, 2.05) is 19.1 Å². The van der Waals surface area contributed by atoms with Crippen molar-refractivity contribution in [3.8, 4) is 0 Å². The number of nitrogens with one attached hydrogen (secondary N) is 1. The third kappa shape index (κ3) is 1.88. The largest absolute Gasteiger partial charge is 0.481 e. The molecule has 2 rings (SSSR count). The van der Waals surface area contributed by atoms with Crippen molar-refractivity contribution in [3.05, 3.63) is 28.9 Å². The van der Waals surface area contributed by atoms with Crippen LogP contribution in [0.1, 0.15) is 25.0 Å². The van der Waals surface area contributed by atoms with E-state index in [2.05, 4.69) is 10.2 Å². The first kappa shape index (κ1) is 11.0. The highest BCUT2D eigenvalue weighted by Crippen LogP contribution is 2.29. The highest BCUT2D eigenvalue weighted by molar-refractivity contribution is 6.35. The number of nitrogens with zero attached hydrogens (tertiary/aromatic N) is 1. The number of hydrogen-bond acceptors (Lipinski definition) is 2. The predicted octanol–water partition coefficient (Wildman–Crippen LogP) is 2.79. The van der Waals surface area contributed by atoms with Gasteiger partial charge in [-0.25, -0.2) is 0 Å². The van der Waals surface area contributed by atoms with Crippen LogP contribution in [-0.4, -0.2) is 21.3 Å².